The van der Waals surface area contributed by atoms with Crippen LogP contribution in [0, 0.1) is 5.92 Å². The average Bonchev–Trinajstić information content (AvgIpc) is 3.25. The third-order valence-electron chi connectivity index (χ3n) is 6.00. The van der Waals surface area contributed by atoms with Crippen LogP contribution in [0.5, 0.6) is 0 Å². The van der Waals surface area contributed by atoms with Crippen molar-refractivity contribution in [3.63, 3.8) is 0 Å². The van der Waals surface area contributed by atoms with Gasteiger partial charge in [0.1, 0.15) is 17.8 Å². The number of ether oxygens (including phenoxy) is 5. The lowest BCUT2D eigenvalue weighted by molar-refractivity contribution is -0.227. The SMILES string of the molecule is CC1(C)OC2C(OCc3ccccc3)[C@@]3(C[C@H]3COC(=O)c3ccccc3)O[C@@H]2O1. The summed E-state index contributed by atoms with van der Waals surface area (Å²) in [5.74, 6) is -0.992. The molecule has 6 nitrogen and oxygen atoms in total. The van der Waals surface area contributed by atoms with Crippen LogP contribution in [0.4, 0.5) is 0 Å². The summed E-state index contributed by atoms with van der Waals surface area (Å²) in [6.45, 7) is 4.49. The van der Waals surface area contributed by atoms with Crippen LogP contribution in [0.3, 0.4) is 0 Å². The van der Waals surface area contributed by atoms with E-state index in [0.29, 0.717) is 12.2 Å². The molecule has 2 saturated heterocycles. The highest BCUT2D eigenvalue weighted by Crippen LogP contribution is 2.59. The maximum atomic E-state index is 12.3. The second-order valence-electron chi connectivity index (χ2n) is 8.62. The highest BCUT2D eigenvalue weighted by molar-refractivity contribution is 5.89. The lowest BCUT2D eigenvalue weighted by Crippen LogP contribution is -2.39. The molecule has 2 aliphatic heterocycles. The minimum Gasteiger partial charge on any atom is -0.462 e. The number of benzene rings is 2. The molecule has 1 saturated carbocycles. The predicted octanol–water partition coefficient (Wildman–Crippen LogP) is 3.70. The first-order valence-corrected chi connectivity index (χ1v) is 10.4. The van der Waals surface area contributed by atoms with Crippen molar-refractivity contribution in [2.45, 2.75) is 56.8 Å². The largest absolute Gasteiger partial charge is 0.462 e. The Kier molecular flexibility index (Phi) is 4.90. The van der Waals surface area contributed by atoms with Gasteiger partial charge in [-0.2, -0.15) is 0 Å². The molecule has 0 radical (unpaired) electrons. The molecule has 1 aliphatic carbocycles. The van der Waals surface area contributed by atoms with Gasteiger partial charge in [0.15, 0.2) is 12.1 Å². The molecule has 2 aromatic rings. The highest BCUT2D eigenvalue weighted by atomic mass is 16.8. The molecule has 0 aromatic heterocycles. The van der Waals surface area contributed by atoms with Gasteiger partial charge in [-0.15, -0.1) is 0 Å². The van der Waals surface area contributed by atoms with Crippen LogP contribution < -0.4 is 0 Å². The van der Waals surface area contributed by atoms with Crippen LogP contribution in [0.15, 0.2) is 60.7 Å². The quantitative estimate of drug-likeness (QED) is 0.677. The van der Waals surface area contributed by atoms with E-state index in [0.717, 1.165) is 12.0 Å². The van der Waals surface area contributed by atoms with E-state index in [-0.39, 0.29) is 30.7 Å². The fourth-order valence-corrected chi connectivity index (χ4v) is 4.46. The lowest BCUT2D eigenvalue weighted by atomic mass is 10.1. The fraction of sp³-hybridized carbons (Fsp3) is 0.458. The Morgan fingerprint density at radius 1 is 1.00 bits per heavy atom. The number of carbonyl (C=O) groups is 1. The van der Waals surface area contributed by atoms with Crippen molar-refractivity contribution < 1.29 is 28.5 Å². The number of esters is 1. The van der Waals surface area contributed by atoms with Crippen molar-refractivity contribution in [2.75, 3.05) is 6.61 Å². The van der Waals surface area contributed by atoms with Crippen molar-refractivity contribution in [1.29, 1.82) is 0 Å². The molecule has 158 valence electrons. The number of carbonyl (C=O) groups excluding carboxylic acids is 1. The molecule has 0 bridgehead atoms. The molecule has 3 aliphatic rings. The van der Waals surface area contributed by atoms with E-state index >= 15 is 0 Å². The zero-order valence-electron chi connectivity index (χ0n) is 17.2. The monoisotopic (exact) mass is 410 g/mol. The summed E-state index contributed by atoms with van der Waals surface area (Å²) < 4.78 is 30.2. The van der Waals surface area contributed by atoms with Gasteiger partial charge < -0.3 is 23.7 Å². The topological polar surface area (TPSA) is 63.2 Å². The summed E-state index contributed by atoms with van der Waals surface area (Å²) >= 11 is 0. The molecule has 0 N–H and O–H groups in total. The van der Waals surface area contributed by atoms with E-state index in [4.69, 9.17) is 23.7 Å². The van der Waals surface area contributed by atoms with Gasteiger partial charge in [-0.05, 0) is 38.0 Å². The summed E-state index contributed by atoms with van der Waals surface area (Å²) in [6, 6.07) is 19.0. The van der Waals surface area contributed by atoms with Gasteiger partial charge in [-0.25, -0.2) is 4.79 Å². The van der Waals surface area contributed by atoms with Crippen LogP contribution in [0.25, 0.3) is 0 Å². The van der Waals surface area contributed by atoms with Crippen molar-refractivity contribution in [3.8, 4) is 0 Å². The highest BCUT2D eigenvalue weighted by Gasteiger charge is 2.73. The Hall–Kier alpha value is -2.25. The van der Waals surface area contributed by atoms with Gasteiger partial charge in [0.05, 0.1) is 18.8 Å². The molecule has 0 amide bonds. The zero-order valence-corrected chi connectivity index (χ0v) is 17.2. The van der Waals surface area contributed by atoms with E-state index in [9.17, 15) is 4.79 Å². The van der Waals surface area contributed by atoms with Gasteiger partial charge in [-0.3, -0.25) is 0 Å². The maximum absolute atomic E-state index is 12.3. The molecule has 2 heterocycles. The van der Waals surface area contributed by atoms with E-state index < -0.39 is 17.7 Å². The Labute approximate surface area is 176 Å². The number of hydrogen-bond acceptors (Lipinski definition) is 6. The second-order valence-corrected chi connectivity index (χ2v) is 8.62. The molecule has 5 rings (SSSR count). The molecular weight excluding hydrogens is 384 g/mol. The van der Waals surface area contributed by atoms with Crippen LogP contribution in [-0.2, 0) is 30.3 Å². The molecule has 5 atom stereocenters. The molecule has 6 heteroatoms. The number of hydrogen-bond donors (Lipinski definition) is 0. The van der Waals surface area contributed by atoms with Gasteiger partial charge in [0.2, 0.25) is 0 Å². The Bertz CT molecular complexity index is 898. The average molecular weight is 410 g/mol. The minimum absolute atomic E-state index is 0.0480. The van der Waals surface area contributed by atoms with Gasteiger partial charge in [0, 0.05) is 5.92 Å². The third kappa shape index (κ3) is 3.65. The number of rotatable bonds is 6. The van der Waals surface area contributed by atoms with Crippen molar-refractivity contribution in [3.05, 3.63) is 71.8 Å². The smallest absolute Gasteiger partial charge is 0.338 e. The van der Waals surface area contributed by atoms with Gasteiger partial charge >= 0.3 is 5.97 Å². The summed E-state index contributed by atoms with van der Waals surface area (Å²) in [7, 11) is 0. The summed E-state index contributed by atoms with van der Waals surface area (Å²) in [5.41, 5.74) is 1.08. The van der Waals surface area contributed by atoms with E-state index in [1.807, 2.05) is 62.4 Å². The van der Waals surface area contributed by atoms with Crippen molar-refractivity contribution in [2.24, 2.45) is 5.92 Å². The van der Waals surface area contributed by atoms with Crippen LogP contribution in [-0.4, -0.2) is 42.5 Å². The molecule has 2 aromatic carbocycles. The minimum atomic E-state index is -0.713. The Balaban J connectivity index is 1.27. The van der Waals surface area contributed by atoms with Crippen LogP contribution in [0.1, 0.15) is 36.2 Å². The van der Waals surface area contributed by atoms with E-state index in [1.165, 1.54) is 0 Å². The summed E-state index contributed by atoms with van der Waals surface area (Å²) in [5, 5.41) is 0. The van der Waals surface area contributed by atoms with Crippen molar-refractivity contribution >= 4 is 5.97 Å². The van der Waals surface area contributed by atoms with Gasteiger partial charge in [-0.1, -0.05) is 48.5 Å². The molecule has 2 unspecified atom stereocenters. The first-order chi connectivity index (χ1) is 14.5. The molecule has 1 spiro atoms. The Morgan fingerprint density at radius 2 is 1.70 bits per heavy atom. The maximum Gasteiger partial charge on any atom is 0.338 e. The lowest BCUT2D eigenvalue weighted by Gasteiger charge is -2.27. The first kappa shape index (κ1) is 19.7. The first-order valence-electron chi connectivity index (χ1n) is 10.4. The number of fused-ring (bicyclic) bond motifs is 1. The summed E-state index contributed by atoms with van der Waals surface area (Å²) in [6.07, 6.45) is -0.326. The third-order valence-corrected chi connectivity index (χ3v) is 6.00. The van der Waals surface area contributed by atoms with Gasteiger partial charge in [0.25, 0.3) is 0 Å². The molecular formula is C24H26O6. The van der Waals surface area contributed by atoms with Crippen LogP contribution >= 0.6 is 0 Å². The van der Waals surface area contributed by atoms with E-state index in [2.05, 4.69) is 0 Å². The normalized spacial score (nSPS) is 33.4. The van der Waals surface area contributed by atoms with E-state index in [1.54, 1.807) is 12.1 Å². The zero-order chi connectivity index (χ0) is 20.8. The predicted molar refractivity (Wildman–Crippen MR) is 107 cm³/mol. The molecule has 30 heavy (non-hydrogen) atoms. The second kappa shape index (κ2) is 7.46. The standard InChI is InChI=1S/C24H26O6/c1-23(2)28-19-20(26-14-16-9-5-3-6-10-16)24(30-22(19)29-23)13-18(24)15-27-21(25)17-11-7-4-8-12-17/h3-12,18-20,22H,13-15H2,1-2H3/t18-,19?,20?,22-,24-/m0/s1. The van der Waals surface area contributed by atoms with Crippen molar-refractivity contribution in [1.82, 2.24) is 0 Å². The van der Waals surface area contributed by atoms with Crippen LogP contribution in [0.2, 0.25) is 0 Å². The Morgan fingerprint density at radius 3 is 2.43 bits per heavy atom. The summed E-state index contributed by atoms with van der Waals surface area (Å²) in [4.78, 5) is 12.3. The molecule has 3 fully saturated rings. The fourth-order valence-electron chi connectivity index (χ4n) is 4.46.